The quantitative estimate of drug-likeness (QED) is 0.350. The first kappa shape index (κ1) is 25.3. The van der Waals surface area contributed by atoms with Gasteiger partial charge < -0.3 is 19.5 Å². The third-order valence-electron chi connectivity index (χ3n) is 6.60. The van der Waals surface area contributed by atoms with Crippen molar-refractivity contribution in [2.24, 2.45) is 0 Å². The standard InChI is InChI=1S/C27H28INO6/c1-3-13-35-27-17(28)14-16(15-22(27)34-4-2)24-25-18(7-5-9-20(25)30)29(12-11-23(32)33)19-8-6-10-21(31)26(19)24/h1,14-15,24H,4-13H2,2H3,(H,32,33). The molecule has 1 aliphatic heterocycles. The van der Waals surface area contributed by atoms with E-state index in [1.807, 2.05) is 24.0 Å². The van der Waals surface area contributed by atoms with E-state index in [2.05, 4.69) is 28.5 Å². The van der Waals surface area contributed by atoms with E-state index in [1.54, 1.807) is 0 Å². The van der Waals surface area contributed by atoms with Crippen LogP contribution in [0.2, 0.25) is 0 Å². The van der Waals surface area contributed by atoms with Gasteiger partial charge in [0.15, 0.2) is 23.1 Å². The van der Waals surface area contributed by atoms with Gasteiger partial charge in [0, 0.05) is 47.8 Å². The van der Waals surface area contributed by atoms with E-state index in [0.29, 0.717) is 67.8 Å². The number of halogens is 1. The number of carbonyl (C=O) groups excluding carboxylic acids is 2. The number of Topliss-reactive ketones (excluding diaryl/α,β-unsaturated/α-hetero) is 2. The van der Waals surface area contributed by atoms with Crippen LogP contribution in [0.15, 0.2) is 34.7 Å². The molecule has 0 saturated heterocycles. The highest BCUT2D eigenvalue weighted by atomic mass is 127. The van der Waals surface area contributed by atoms with Crippen LogP contribution in [0.1, 0.15) is 63.4 Å². The molecule has 0 saturated carbocycles. The van der Waals surface area contributed by atoms with Crippen molar-refractivity contribution in [1.29, 1.82) is 0 Å². The molecular weight excluding hydrogens is 561 g/mol. The Kier molecular flexibility index (Phi) is 7.85. The molecule has 2 aliphatic carbocycles. The second-order valence-corrected chi connectivity index (χ2v) is 9.92. The van der Waals surface area contributed by atoms with Gasteiger partial charge in [-0.1, -0.05) is 5.92 Å². The molecule has 8 heteroatoms. The van der Waals surface area contributed by atoms with Crippen molar-refractivity contribution < 1.29 is 29.0 Å². The third kappa shape index (κ3) is 4.96. The fourth-order valence-electron chi connectivity index (χ4n) is 5.30. The van der Waals surface area contributed by atoms with Crippen LogP contribution in [0, 0.1) is 15.9 Å². The molecule has 0 atom stereocenters. The van der Waals surface area contributed by atoms with Gasteiger partial charge in [0.05, 0.1) is 16.6 Å². The number of aliphatic carboxylic acids is 1. The van der Waals surface area contributed by atoms with E-state index in [4.69, 9.17) is 15.9 Å². The summed E-state index contributed by atoms with van der Waals surface area (Å²) in [5, 5.41) is 9.34. The zero-order valence-corrected chi connectivity index (χ0v) is 21.9. The molecule has 0 radical (unpaired) electrons. The summed E-state index contributed by atoms with van der Waals surface area (Å²) >= 11 is 2.17. The Morgan fingerprint density at radius 1 is 1.11 bits per heavy atom. The number of terminal acetylenes is 1. The molecule has 0 amide bonds. The summed E-state index contributed by atoms with van der Waals surface area (Å²) in [5.41, 5.74) is 3.76. The van der Waals surface area contributed by atoms with Crippen molar-refractivity contribution in [3.05, 3.63) is 43.8 Å². The molecule has 0 spiro atoms. The molecule has 1 N–H and O–H groups in total. The molecule has 184 valence electrons. The lowest BCUT2D eigenvalue weighted by atomic mass is 9.71. The van der Waals surface area contributed by atoms with Gasteiger partial charge in [-0.2, -0.15) is 0 Å². The molecular formula is C27H28INO6. The Morgan fingerprint density at radius 3 is 2.29 bits per heavy atom. The number of nitrogens with zero attached hydrogens (tertiary/aromatic N) is 1. The first-order valence-electron chi connectivity index (χ1n) is 11.9. The van der Waals surface area contributed by atoms with Crippen molar-refractivity contribution in [2.75, 3.05) is 19.8 Å². The Labute approximate surface area is 218 Å². The van der Waals surface area contributed by atoms with E-state index < -0.39 is 11.9 Å². The van der Waals surface area contributed by atoms with Gasteiger partial charge in [0.1, 0.15) is 6.61 Å². The molecule has 0 bridgehead atoms. The van der Waals surface area contributed by atoms with Crippen molar-refractivity contribution in [1.82, 2.24) is 4.90 Å². The number of hydrogen-bond donors (Lipinski definition) is 1. The summed E-state index contributed by atoms with van der Waals surface area (Å²) in [6.45, 7) is 2.64. The molecule has 4 rings (SSSR count). The molecule has 0 fully saturated rings. The predicted octanol–water partition coefficient (Wildman–Crippen LogP) is 4.59. The summed E-state index contributed by atoms with van der Waals surface area (Å²) in [7, 11) is 0. The van der Waals surface area contributed by atoms with Crippen molar-refractivity contribution in [3.63, 3.8) is 0 Å². The first-order valence-corrected chi connectivity index (χ1v) is 13.0. The minimum absolute atomic E-state index is 0.0159. The normalized spacial score (nSPS) is 18.3. The number of ether oxygens (including phenoxy) is 2. The second-order valence-electron chi connectivity index (χ2n) is 8.76. The largest absolute Gasteiger partial charge is 0.490 e. The molecule has 1 aromatic carbocycles. The van der Waals surface area contributed by atoms with Gasteiger partial charge in [-0.25, -0.2) is 0 Å². The summed E-state index contributed by atoms with van der Waals surface area (Å²) in [6, 6.07) is 3.79. The molecule has 7 nitrogen and oxygen atoms in total. The van der Waals surface area contributed by atoms with Crippen LogP contribution in [-0.4, -0.2) is 47.3 Å². The maximum absolute atomic E-state index is 13.4. The predicted molar refractivity (Wildman–Crippen MR) is 138 cm³/mol. The Bertz CT molecular complexity index is 1130. The maximum Gasteiger partial charge on any atom is 0.305 e. The van der Waals surface area contributed by atoms with Gasteiger partial charge in [-0.15, -0.1) is 6.42 Å². The minimum atomic E-state index is -0.904. The number of ketones is 2. The summed E-state index contributed by atoms with van der Waals surface area (Å²) < 4.78 is 12.4. The smallest absolute Gasteiger partial charge is 0.305 e. The lowest BCUT2D eigenvalue weighted by Crippen LogP contribution is -2.40. The number of carbonyl (C=O) groups is 3. The van der Waals surface area contributed by atoms with E-state index in [9.17, 15) is 19.5 Å². The fraction of sp³-hybridized carbons (Fsp3) is 0.444. The summed E-state index contributed by atoms with van der Waals surface area (Å²) in [5.74, 6) is 2.16. The Hall–Kier alpha value is -2.80. The lowest BCUT2D eigenvalue weighted by molar-refractivity contribution is -0.137. The number of allylic oxidation sites excluding steroid dienone is 4. The van der Waals surface area contributed by atoms with E-state index in [-0.39, 0.29) is 31.1 Å². The van der Waals surface area contributed by atoms with Crippen LogP contribution in [0.5, 0.6) is 11.5 Å². The molecule has 35 heavy (non-hydrogen) atoms. The highest BCUT2D eigenvalue weighted by Gasteiger charge is 2.43. The maximum atomic E-state index is 13.4. The van der Waals surface area contributed by atoms with Crippen LogP contribution in [0.3, 0.4) is 0 Å². The number of carboxylic acid groups (broad SMARTS) is 1. The summed E-state index contributed by atoms with van der Waals surface area (Å²) in [4.78, 5) is 40.1. The second kappa shape index (κ2) is 10.9. The van der Waals surface area contributed by atoms with Gasteiger partial charge in [-0.3, -0.25) is 14.4 Å². The van der Waals surface area contributed by atoms with E-state index in [0.717, 1.165) is 20.5 Å². The number of rotatable bonds is 8. The molecule has 0 aromatic heterocycles. The van der Waals surface area contributed by atoms with Crippen molar-refractivity contribution in [3.8, 4) is 23.8 Å². The van der Waals surface area contributed by atoms with E-state index >= 15 is 0 Å². The SMILES string of the molecule is C#CCOc1c(I)cc(C2C3=C(CCCC3=O)N(CCC(=O)O)C3=C2C(=O)CCC3)cc1OCC. The third-order valence-corrected chi connectivity index (χ3v) is 7.40. The van der Waals surface area contributed by atoms with Gasteiger partial charge in [0.25, 0.3) is 0 Å². The highest BCUT2D eigenvalue weighted by Crippen LogP contribution is 2.50. The monoisotopic (exact) mass is 589 g/mol. The van der Waals surface area contributed by atoms with Crippen LogP contribution in [0.4, 0.5) is 0 Å². The number of carboxylic acids is 1. The molecule has 1 aromatic rings. The van der Waals surface area contributed by atoms with E-state index in [1.165, 1.54) is 0 Å². The lowest BCUT2D eigenvalue weighted by Gasteiger charge is -2.44. The summed E-state index contributed by atoms with van der Waals surface area (Å²) in [6.07, 6.45) is 8.94. The topological polar surface area (TPSA) is 93.1 Å². The fourth-order valence-corrected chi connectivity index (χ4v) is 6.08. The highest BCUT2D eigenvalue weighted by molar-refractivity contribution is 14.1. The number of benzene rings is 1. The average Bonchev–Trinajstić information content (AvgIpc) is 2.82. The number of hydrogen-bond acceptors (Lipinski definition) is 6. The Balaban J connectivity index is 1.91. The van der Waals surface area contributed by atoms with Crippen LogP contribution < -0.4 is 9.47 Å². The molecule has 3 aliphatic rings. The van der Waals surface area contributed by atoms with Gasteiger partial charge in [-0.05, 0) is 72.9 Å². The van der Waals surface area contributed by atoms with Crippen molar-refractivity contribution >= 4 is 40.1 Å². The first-order chi connectivity index (χ1) is 16.9. The Morgan fingerprint density at radius 2 is 1.74 bits per heavy atom. The zero-order chi connectivity index (χ0) is 25.1. The van der Waals surface area contributed by atoms with Gasteiger partial charge in [0.2, 0.25) is 0 Å². The van der Waals surface area contributed by atoms with Crippen LogP contribution >= 0.6 is 22.6 Å². The molecule has 1 heterocycles. The van der Waals surface area contributed by atoms with Crippen LogP contribution in [0.25, 0.3) is 0 Å². The zero-order valence-electron chi connectivity index (χ0n) is 19.7. The van der Waals surface area contributed by atoms with Crippen molar-refractivity contribution in [2.45, 2.75) is 57.8 Å². The minimum Gasteiger partial charge on any atom is -0.490 e. The molecule has 0 unspecified atom stereocenters. The van der Waals surface area contributed by atoms with Gasteiger partial charge >= 0.3 is 5.97 Å². The van der Waals surface area contributed by atoms with Crippen LogP contribution in [-0.2, 0) is 14.4 Å². The average molecular weight is 589 g/mol.